The maximum Gasteiger partial charge on any atom is 0.264 e. The molecule has 3 aromatic rings. The second-order valence-electron chi connectivity index (χ2n) is 4.01. The number of nitrogen functional groups attached to an aromatic ring is 1. The van der Waals surface area contributed by atoms with E-state index >= 15 is 0 Å². The van der Waals surface area contributed by atoms with Crippen LogP contribution in [0.4, 0.5) is 5.82 Å². The summed E-state index contributed by atoms with van der Waals surface area (Å²) in [6.45, 7) is 0. The summed E-state index contributed by atoms with van der Waals surface area (Å²) >= 11 is 0. The second-order valence-corrected chi connectivity index (χ2v) is 4.01. The Morgan fingerprint density at radius 1 is 1.05 bits per heavy atom. The fourth-order valence-corrected chi connectivity index (χ4v) is 1.78. The van der Waals surface area contributed by atoms with Gasteiger partial charge in [-0.1, -0.05) is 18.2 Å². The zero-order chi connectivity index (χ0) is 13.2. The summed E-state index contributed by atoms with van der Waals surface area (Å²) < 4.78 is 1.63. The molecule has 2 heterocycles. The lowest BCUT2D eigenvalue weighted by molar-refractivity contribution is 0.887. The van der Waals surface area contributed by atoms with Crippen LogP contribution in [-0.2, 0) is 0 Å². The molecule has 0 amide bonds. The van der Waals surface area contributed by atoms with Crippen LogP contribution in [0.15, 0.2) is 53.3 Å². The normalized spacial score (nSPS) is 10.5. The van der Waals surface area contributed by atoms with Gasteiger partial charge in [0.2, 0.25) is 0 Å². The van der Waals surface area contributed by atoms with Crippen LogP contribution in [0.3, 0.4) is 0 Å². The lowest BCUT2D eigenvalue weighted by Crippen LogP contribution is -2.06. The lowest BCUT2D eigenvalue weighted by Gasteiger charge is -2.02. The Hall–Kier alpha value is -2.89. The largest absolute Gasteiger partial charge is 0.384 e. The Kier molecular flexibility index (Phi) is 2.60. The molecule has 1 aromatic carbocycles. The van der Waals surface area contributed by atoms with Gasteiger partial charge in [-0.15, -0.1) is 0 Å². The molecule has 0 radical (unpaired) electrons. The average Bonchev–Trinajstić information content (AvgIpc) is 2.83. The van der Waals surface area contributed by atoms with Crippen molar-refractivity contribution in [1.29, 1.82) is 0 Å². The molecule has 94 valence electrons. The first-order valence-electron chi connectivity index (χ1n) is 5.71. The van der Waals surface area contributed by atoms with Crippen molar-refractivity contribution < 1.29 is 0 Å². The average molecular weight is 253 g/mol. The standard InChI is InChI=1S/C13H11N5O/c14-12-8-11(10-6-7-13(19)16-15-10)17-18(12)9-4-2-1-3-5-9/h1-8H,14H2,(H,16,19). The molecule has 3 N–H and O–H groups in total. The van der Waals surface area contributed by atoms with Gasteiger partial charge in [0, 0.05) is 12.1 Å². The molecule has 0 aliphatic heterocycles. The van der Waals surface area contributed by atoms with E-state index < -0.39 is 0 Å². The summed E-state index contributed by atoms with van der Waals surface area (Å²) in [4.78, 5) is 11.0. The molecule has 2 aromatic heterocycles. The number of nitrogens with one attached hydrogen (secondary N) is 1. The third-order valence-corrected chi connectivity index (χ3v) is 2.68. The molecule has 6 nitrogen and oxygen atoms in total. The number of H-pyrrole nitrogens is 1. The van der Waals surface area contributed by atoms with E-state index in [1.165, 1.54) is 6.07 Å². The first-order valence-corrected chi connectivity index (χ1v) is 5.71. The van der Waals surface area contributed by atoms with Crippen molar-refractivity contribution in [2.45, 2.75) is 0 Å². The van der Waals surface area contributed by atoms with Crippen LogP contribution in [0.2, 0.25) is 0 Å². The topological polar surface area (TPSA) is 89.6 Å². The summed E-state index contributed by atoms with van der Waals surface area (Å²) in [5, 5.41) is 10.7. The van der Waals surface area contributed by atoms with E-state index in [2.05, 4.69) is 15.3 Å². The molecule has 0 atom stereocenters. The molecule has 0 aliphatic rings. The Balaban J connectivity index is 2.07. The van der Waals surface area contributed by atoms with Gasteiger partial charge in [-0.05, 0) is 18.2 Å². The molecule has 3 rings (SSSR count). The maximum atomic E-state index is 11.0. The number of para-hydroxylation sites is 1. The number of aromatic nitrogens is 4. The molecule has 0 aliphatic carbocycles. The van der Waals surface area contributed by atoms with E-state index in [4.69, 9.17) is 5.73 Å². The van der Waals surface area contributed by atoms with Crippen LogP contribution < -0.4 is 11.3 Å². The minimum atomic E-state index is -0.251. The van der Waals surface area contributed by atoms with Gasteiger partial charge in [0.05, 0.1) is 5.69 Å². The smallest absolute Gasteiger partial charge is 0.264 e. The maximum absolute atomic E-state index is 11.0. The van der Waals surface area contributed by atoms with Crippen molar-refractivity contribution in [3.63, 3.8) is 0 Å². The number of hydrogen-bond acceptors (Lipinski definition) is 4. The molecular weight excluding hydrogens is 242 g/mol. The van der Waals surface area contributed by atoms with Crippen LogP contribution in [0.25, 0.3) is 17.1 Å². The Labute approximate surface area is 108 Å². The number of nitrogens with zero attached hydrogens (tertiary/aromatic N) is 3. The quantitative estimate of drug-likeness (QED) is 0.718. The van der Waals surface area contributed by atoms with E-state index in [1.54, 1.807) is 16.8 Å². The van der Waals surface area contributed by atoms with Crippen molar-refractivity contribution >= 4 is 5.82 Å². The van der Waals surface area contributed by atoms with Crippen molar-refractivity contribution in [1.82, 2.24) is 20.0 Å². The summed E-state index contributed by atoms with van der Waals surface area (Å²) in [5.41, 5.74) is 7.74. The van der Waals surface area contributed by atoms with Gasteiger partial charge in [0.25, 0.3) is 5.56 Å². The molecular formula is C13H11N5O. The molecule has 0 unspecified atom stereocenters. The first kappa shape index (κ1) is 11.2. The van der Waals surface area contributed by atoms with Crippen LogP contribution in [0, 0.1) is 0 Å². The van der Waals surface area contributed by atoms with Crippen molar-refractivity contribution in [3.05, 3.63) is 58.9 Å². The molecule has 0 fully saturated rings. The lowest BCUT2D eigenvalue weighted by atomic mass is 10.3. The van der Waals surface area contributed by atoms with E-state index in [0.29, 0.717) is 17.2 Å². The Morgan fingerprint density at radius 3 is 2.53 bits per heavy atom. The second kappa shape index (κ2) is 4.41. The highest BCUT2D eigenvalue weighted by molar-refractivity contribution is 5.59. The highest BCUT2D eigenvalue weighted by Crippen LogP contribution is 2.20. The molecule has 0 spiro atoms. The molecule has 0 bridgehead atoms. The van der Waals surface area contributed by atoms with Gasteiger partial charge >= 0.3 is 0 Å². The third kappa shape index (κ3) is 2.11. The van der Waals surface area contributed by atoms with E-state index in [1.807, 2.05) is 30.3 Å². The highest BCUT2D eigenvalue weighted by atomic mass is 16.1. The van der Waals surface area contributed by atoms with Crippen LogP contribution in [-0.4, -0.2) is 20.0 Å². The molecule has 6 heteroatoms. The number of rotatable bonds is 2. The summed E-state index contributed by atoms with van der Waals surface area (Å²) in [5.74, 6) is 0.509. The fourth-order valence-electron chi connectivity index (χ4n) is 1.78. The highest BCUT2D eigenvalue weighted by Gasteiger charge is 2.09. The molecule has 0 saturated carbocycles. The number of hydrogen-bond donors (Lipinski definition) is 2. The number of anilines is 1. The minimum absolute atomic E-state index is 0.251. The number of nitrogens with two attached hydrogens (primary N) is 1. The zero-order valence-corrected chi connectivity index (χ0v) is 9.95. The van der Waals surface area contributed by atoms with Crippen molar-refractivity contribution in [2.24, 2.45) is 0 Å². The monoisotopic (exact) mass is 253 g/mol. The fraction of sp³-hybridized carbons (Fsp3) is 0. The summed E-state index contributed by atoms with van der Waals surface area (Å²) in [6, 6.07) is 14.3. The van der Waals surface area contributed by atoms with Gasteiger partial charge < -0.3 is 5.73 Å². The van der Waals surface area contributed by atoms with Crippen LogP contribution in [0.5, 0.6) is 0 Å². The van der Waals surface area contributed by atoms with Crippen LogP contribution in [0.1, 0.15) is 0 Å². The van der Waals surface area contributed by atoms with E-state index in [9.17, 15) is 4.79 Å². The van der Waals surface area contributed by atoms with Crippen LogP contribution >= 0.6 is 0 Å². The SMILES string of the molecule is Nc1cc(-c2ccc(=O)[nH]n2)nn1-c1ccccc1. The predicted octanol–water partition coefficient (Wildman–Crippen LogP) is 1.20. The van der Waals surface area contributed by atoms with Gasteiger partial charge in [0.15, 0.2) is 0 Å². The zero-order valence-electron chi connectivity index (χ0n) is 9.95. The molecule has 19 heavy (non-hydrogen) atoms. The van der Waals surface area contributed by atoms with Crippen molar-refractivity contribution in [2.75, 3.05) is 5.73 Å². The molecule has 0 saturated heterocycles. The number of benzene rings is 1. The minimum Gasteiger partial charge on any atom is -0.384 e. The van der Waals surface area contributed by atoms with Gasteiger partial charge in [0.1, 0.15) is 17.2 Å². The number of aromatic amines is 1. The van der Waals surface area contributed by atoms with Gasteiger partial charge in [-0.25, -0.2) is 9.78 Å². The summed E-state index contributed by atoms with van der Waals surface area (Å²) in [6.07, 6.45) is 0. The van der Waals surface area contributed by atoms with Gasteiger partial charge in [-0.3, -0.25) is 4.79 Å². The predicted molar refractivity (Wildman–Crippen MR) is 71.8 cm³/mol. The summed E-state index contributed by atoms with van der Waals surface area (Å²) in [7, 11) is 0. The van der Waals surface area contributed by atoms with E-state index in [-0.39, 0.29) is 5.56 Å². The first-order chi connectivity index (χ1) is 9.24. The Bertz CT molecular complexity index is 740. The third-order valence-electron chi connectivity index (χ3n) is 2.68. The Morgan fingerprint density at radius 2 is 1.84 bits per heavy atom. The van der Waals surface area contributed by atoms with Gasteiger partial charge in [-0.2, -0.15) is 10.2 Å². The van der Waals surface area contributed by atoms with E-state index in [0.717, 1.165) is 5.69 Å². The van der Waals surface area contributed by atoms with Crippen molar-refractivity contribution in [3.8, 4) is 17.1 Å².